The Bertz CT molecular complexity index is 796. The first-order chi connectivity index (χ1) is 11.3. The Kier molecular flexibility index (Phi) is 5.12. The molecule has 0 fully saturated rings. The highest BCUT2D eigenvalue weighted by Gasteiger charge is 2.16. The number of hydrogen-bond acceptors (Lipinski definition) is 4. The van der Waals surface area contributed by atoms with E-state index in [0.29, 0.717) is 0 Å². The highest BCUT2D eigenvalue weighted by atomic mass is 19.3. The van der Waals surface area contributed by atoms with Gasteiger partial charge in [-0.25, -0.2) is 18.2 Å². The van der Waals surface area contributed by atoms with E-state index < -0.39 is 42.0 Å². The lowest BCUT2D eigenvalue weighted by molar-refractivity contribution is -0.134. The number of carboxylic acid groups (broad SMARTS) is 1. The molecule has 24 heavy (non-hydrogen) atoms. The second kappa shape index (κ2) is 7.07. The quantitative estimate of drug-likeness (QED) is 0.553. The molecular weight excluding hydrogens is 330 g/mol. The molecule has 126 valence electrons. The van der Waals surface area contributed by atoms with Crippen molar-refractivity contribution in [3.8, 4) is 11.1 Å². The molecule has 0 saturated heterocycles. The Morgan fingerprint density at radius 3 is 2.58 bits per heavy atom. The van der Waals surface area contributed by atoms with E-state index in [1.807, 2.05) is 0 Å². The predicted octanol–water partition coefficient (Wildman–Crippen LogP) is 3.62. The lowest BCUT2D eigenvalue weighted by atomic mass is 10.0. The average molecular weight is 341 g/mol. The summed E-state index contributed by atoms with van der Waals surface area (Å²) in [6.07, 6.45) is -1.89. The minimum atomic E-state index is -3.01. The second-order valence-electron chi connectivity index (χ2n) is 4.72. The summed E-state index contributed by atoms with van der Waals surface area (Å²) in [6, 6.07) is 4.28. The number of aliphatic carboxylic acids is 1. The Morgan fingerprint density at radius 1 is 1.29 bits per heavy atom. The van der Waals surface area contributed by atoms with E-state index >= 15 is 0 Å². The van der Waals surface area contributed by atoms with Gasteiger partial charge in [0.05, 0.1) is 11.3 Å². The molecule has 2 aromatic rings. The number of benzene rings is 1. The number of anilines is 1. The number of carboxylic acids is 1. The smallest absolute Gasteiger partial charge is 0.322 e. The van der Waals surface area contributed by atoms with Crippen LogP contribution in [0.5, 0.6) is 0 Å². The average Bonchev–Trinajstić information content (AvgIpc) is 2.52. The predicted molar refractivity (Wildman–Crippen MR) is 78.7 cm³/mol. The van der Waals surface area contributed by atoms with Crippen molar-refractivity contribution in [3.63, 3.8) is 0 Å². The Morgan fingerprint density at radius 2 is 2.00 bits per heavy atom. The van der Waals surface area contributed by atoms with Gasteiger partial charge >= 0.3 is 5.97 Å². The van der Waals surface area contributed by atoms with Gasteiger partial charge in [-0.2, -0.15) is 4.39 Å². The van der Waals surface area contributed by atoms with Gasteiger partial charge in [-0.15, -0.1) is 0 Å². The van der Waals surface area contributed by atoms with E-state index in [1.54, 1.807) is 0 Å². The third kappa shape index (κ3) is 3.86. The number of pyridine rings is 1. The van der Waals surface area contributed by atoms with E-state index in [-0.39, 0.29) is 16.8 Å². The van der Waals surface area contributed by atoms with Crippen molar-refractivity contribution in [2.45, 2.75) is 6.43 Å². The molecule has 0 spiro atoms. The van der Waals surface area contributed by atoms with Gasteiger partial charge in [0, 0.05) is 11.8 Å². The number of hydrogen-bond donors (Lipinski definition) is 3. The van der Waals surface area contributed by atoms with Crippen molar-refractivity contribution >= 4 is 17.6 Å². The summed E-state index contributed by atoms with van der Waals surface area (Å²) in [5, 5.41) is 18.0. The van der Waals surface area contributed by atoms with Crippen molar-refractivity contribution in [3.05, 3.63) is 47.5 Å². The van der Waals surface area contributed by atoms with Gasteiger partial charge in [0.1, 0.15) is 18.1 Å². The SMILES string of the molecule is N=C(F)c1ncc(-c2ccc(F)c(C(F)F)c2)cc1NCC(=O)O. The zero-order valence-corrected chi connectivity index (χ0v) is 12.0. The van der Waals surface area contributed by atoms with Crippen LogP contribution in [0.2, 0.25) is 0 Å². The first kappa shape index (κ1) is 17.4. The van der Waals surface area contributed by atoms with Crippen molar-refractivity contribution in [2.75, 3.05) is 11.9 Å². The molecule has 3 N–H and O–H groups in total. The topological polar surface area (TPSA) is 86.1 Å². The molecule has 5 nitrogen and oxygen atoms in total. The summed E-state index contributed by atoms with van der Waals surface area (Å²) in [5.74, 6) is -3.67. The zero-order valence-electron chi connectivity index (χ0n) is 12.0. The van der Waals surface area contributed by atoms with Gasteiger partial charge in [0.25, 0.3) is 6.43 Å². The molecule has 0 bridgehead atoms. The first-order valence-corrected chi connectivity index (χ1v) is 6.57. The molecule has 0 radical (unpaired) electrons. The van der Waals surface area contributed by atoms with E-state index in [1.165, 1.54) is 12.1 Å². The number of nitrogens with one attached hydrogen (secondary N) is 2. The Hall–Kier alpha value is -2.97. The fourth-order valence-electron chi connectivity index (χ4n) is 1.99. The molecule has 2 rings (SSSR count). The van der Waals surface area contributed by atoms with Crippen LogP contribution < -0.4 is 5.32 Å². The standard InChI is InChI=1S/C15H11F4N3O2/c16-10-2-1-7(3-9(10)14(17)18)8-4-11(21-6-12(23)24)13(15(19)20)22-5-8/h1-5,14,20-21H,6H2,(H,23,24). The van der Waals surface area contributed by atoms with Crippen LogP contribution in [0.4, 0.5) is 23.2 Å². The summed E-state index contributed by atoms with van der Waals surface area (Å²) in [6.45, 7) is -0.558. The summed E-state index contributed by atoms with van der Waals surface area (Å²) in [5.41, 5.74) is -0.888. The van der Waals surface area contributed by atoms with Crippen LogP contribution in [0.15, 0.2) is 30.5 Å². The molecule has 0 atom stereocenters. The maximum atomic E-state index is 13.3. The number of nitrogens with zero attached hydrogens (tertiary/aromatic N) is 1. The van der Waals surface area contributed by atoms with Gasteiger partial charge < -0.3 is 10.4 Å². The first-order valence-electron chi connectivity index (χ1n) is 6.57. The molecular formula is C15H11F4N3O2. The fourth-order valence-corrected chi connectivity index (χ4v) is 1.99. The minimum absolute atomic E-state index is 0.0923. The van der Waals surface area contributed by atoms with Gasteiger partial charge in [-0.1, -0.05) is 6.07 Å². The molecule has 0 aliphatic heterocycles. The molecule has 0 amide bonds. The number of rotatable bonds is 6. The third-order valence-electron chi connectivity index (χ3n) is 3.09. The molecule has 1 aromatic heterocycles. The third-order valence-corrected chi connectivity index (χ3v) is 3.09. The molecule has 0 aliphatic carbocycles. The van der Waals surface area contributed by atoms with Crippen LogP contribution in [-0.4, -0.2) is 28.6 Å². The van der Waals surface area contributed by atoms with Gasteiger partial charge in [-0.05, 0) is 23.8 Å². The number of halogens is 4. The van der Waals surface area contributed by atoms with Crippen LogP contribution in [0, 0.1) is 11.2 Å². The van der Waals surface area contributed by atoms with E-state index in [4.69, 9.17) is 10.5 Å². The summed E-state index contributed by atoms with van der Waals surface area (Å²) in [7, 11) is 0. The van der Waals surface area contributed by atoms with E-state index in [9.17, 15) is 22.4 Å². The second-order valence-corrected chi connectivity index (χ2v) is 4.72. The normalized spacial score (nSPS) is 10.7. The maximum absolute atomic E-state index is 13.3. The highest BCUT2D eigenvalue weighted by molar-refractivity contribution is 5.95. The molecule has 0 aliphatic rings. The minimum Gasteiger partial charge on any atom is -0.480 e. The van der Waals surface area contributed by atoms with Crippen molar-refractivity contribution in [1.29, 1.82) is 5.41 Å². The van der Waals surface area contributed by atoms with Gasteiger partial charge in [-0.3, -0.25) is 10.2 Å². The van der Waals surface area contributed by atoms with E-state index in [2.05, 4.69) is 10.3 Å². The van der Waals surface area contributed by atoms with Gasteiger partial charge in [0.2, 0.25) is 5.97 Å². The van der Waals surface area contributed by atoms with Crippen LogP contribution in [0.3, 0.4) is 0 Å². The van der Waals surface area contributed by atoms with Crippen LogP contribution in [0.1, 0.15) is 17.7 Å². The number of aromatic nitrogens is 1. The molecule has 1 aromatic carbocycles. The number of alkyl halides is 2. The lowest BCUT2D eigenvalue weighted by Gasteiger charge is -2.11. The number of carbonyl (C=O) groups is 1. The molecule has 1 heterocycles. The van der Waals surface area contributed by atoms with Crippen LogP contribution in [-0.2, 0) is 4.79 Å². The van der Waals surface area contributed by atoms with Crippen molar-refractivity contribution in [2.24, 2.45) is 0 Å². The van der Waals surface area contributed by atoms with Crippen LogP contribution >= 0.6 is 0 Å². The molecule has 0 unspecified atom stereocenters. The zero-order chi connectivity index (χ0) is 17.9. The van der Waals surface area contributed by atoms with Crippen LogP contribution in [0.25, 0.3) is 11.1 Å². The Labute approximate surface area is 133 Å². The summed E-state index contributed by atoms with van der Waals surface area (Å²) in [4.78, 5) is 14.3. The van der Waals surface area contributed by atoms with Crippen molar-refractivity contribution < 1.29 is 27.5 Å². The Balaban J connectivity index is 2.47. The fraction of sp³-hybridized carbons (Fsp3) is 0.133. The highest BCUT2D eigenvalue weighted by Crippen LogP contribution is 2.30. The lowest BCUT2D eigenvalue weighted by Crippen LogP contribution is -2.15. The van der Waals surface area contributed by atoms with Gasteiger partial charge in [0.15, 0.2) is 0 Å². The molecule has 0 saturated carbocycles. The summed E-state index contributed by atoms with van der Waals surface area (Å²) >= 11 is 0. The van der Waals surface area contributed by atoms with Crippen molar-refractivity contribution in [1.82, 2.24) is 4.98 Å². The maximum Gasteiger partial charge on any atom is 0.322 e. The molecule has 9 heteroatoms. The summed E-state index contributed by atoms with van der Waals surface area (Å²) < 4.78 is 52.0. The largest absolute Gasteiger partial charge is 0.480 e. The van der Waals surface area contributed by atoms with E-state index in [0.717, 1.165) is 18.3 Å². The monoisotopic (exact) mass is 341 g/mol.